The van der Waals surface area contributed by atoms with Gasteiger partial charge in [0, 0.05) is 0 Å². The minimum atomic E-state index is 0.173. The summed E-state index contributed by atoms with van der Waals surface area (Å²) in [6.45, 7) is 0. The van der Waals surface area contributed by atoms with E-state index >= 15 is 0 Å². The van der Waals surface area contributed by atoms with Gasteiger partial charge in [-0.25, -0.2) is 4.98 Å². The third-order valence-electron chi connectivity index (χ3n) is 2.65. The van der Waals surface area contributed by atoms with Crippen LogP contribution in [0.2, 0.25) is 10.3 Å². The quantitative estimate of drug-likeness (QED) is 0.700. The highest BCUT2D eigenvalue weighted by molar-refractivity contribution is 7.16. The third kappa shape index (κ3) is 2.41. The zero-order valence-electron chi connectivity index (χ0n) is 9.89. The Morgan fingerprint density at radius 3 is 2.80 bits per heavy atom. The first kappa shape index (κ1) is 13.1. The van der Waals surface area contributed by atoms with E-state index in [1.54, 1.807) is 18.2 Å². The van der Waals surface area contributed by atoms with E-state index in [1.165, 1.54) is 11.3 Å². The Labute approximate surface area is 128 Å². The van der Waals surface area contributed by atoms with Gasteiger partial charge in [-0.15, -0.1) is 11.3 Å². The molecule has 4 nitrogen and oxygen atoms in total. The van der Waals surface area contributed by atoms with Crippen LogP contribution in [0, 0.1) is 11.3 Å². The lowest BCUT2D eigenvalue weighted by Gasteiger charge is -2.09. The van der Waals surface area contributed by atoms with Crippen LogP contribution in [0.3, 0.4) is 0 Å². The molecule has 3 rings (SSSR count). The molecule has 0 atom stereocenters. The van der Waals surface area contributed by atoms with Gasteiger partial charge in [0.25, 0.3) is 0 Å². The molecule has 0 radical (unpaired) electrons. The lowest BCUT2D eigenvalue weighted by Crippen LogP contribution is -1.96. The summed E-state index contributed by atoms with van der Waals surface area (Å²) in [7, 11) is 0. The van der Waals surface area contributed by atoms with Crippen LogP contribution < -0.4 is 5.32 Å². The van der Waals surface area contributed by atoms with Crippen molar-refractivity contribution in [1.29, 1.82) is 5.26 Å². The Kier molecular flexibility index (Phi) is 3.45. The Balaban J connectivity index is 2.05. The Bertz CT molecular complexity index is 838. The molecule has 1 N–H and O–H groups in total. The Morgan fingerprint density at radius 2 is 2.05 bits per heavy atom. The summed E-state index contributed by atoms with van der Waals surface area (Å²) >= 11 is 13.5. The van der Waals surface area contributed by atoms with Gasteiger partial charge in [0.05, 0.1) is 27.7 Å². The van der Waals surface area contributed by atoms with E-state index in [1.807, 2.05) is 17.5 Å². The predicted octanol–water partition coefficient (Wildman–Crippen LogP) is 4.61. The normalized spacial score (nSPS) is 10.4. The summed E-state index contributed by atoms with van der Waals surface area (Å²) in [6, 6.07) is 8.96. The zero-order chi connectivity index (χ0) is 14.1. The Morgan fingerprint density at radius 1 is 1.20 bits per heavy atom. The van der Waals surface area contributed by atoms with Crippen molar-refractivity contribution >= 4 is 56.3 Å². The van der Waals surface area contributed by atoms with Gasteiger partial charge in [0.15, 0.2) is 0 Å². The number of halogens is 2. The summed E-state index contributed by atoms with van der Waals surface area (Å²) < 4.78 is 0. The van der Waals surface area contributed by atoms with Gasteiger partial charge in [-0.1, -0.05) is 11.6 Å². The molecule has 0 bridgehead atoms. The predicted molar refractivity (Wildman–Crippen MR) is 81.9 cm³/mol. The van der Waals surface area contributed by atoms with Crippen LogP contribution >= 0.6 is 34.5 Å². The van der Waals surface area contributed by atoms with E-state index in [0.29, 0.717) is 22.1 Å². The number of nitrogens with zero attached hydrogens (tertiary/aromatic N) is 3. The molecule has 1 aromatic carbocycles. The van der Waals surface area contributed by atoms with Crippen molar-refractivity contribution in [2.45, 2.75) is 0 Å². The summed E-state index contributed by atoms with van der Waals surface area (Å²) in [4.78, 5) is 9.13. The molecule has 2 aromatic heterocycles. The largest absolute Gasteiger partial charge is 0.338 e. The first-order valence-corrected chi connectivity index (χ1v) is 7.18. The second kappa shape index (κ2) is 5.25. The molecule has 20 heavy (non-hydrogen) atoms. The van der Waals surface area contributed by atoms with Crippen LogP contribution in [0.5, 0.6) is 0 Å². The van der Waals surface area contributed by atoms with E-state index < -0.39 is 0 Å². The lowest BCUT2D eigenvalue weighted by molar-refractivity contribution is 1.23. The molecule has 0 saturated heterocycles. The van der Waals surface area contributed by atoms with Gasteiger partial charge >= 0.3 is 0 Å². The maximum Gasteiger partial charge on any atom is 0.225 e. The van der Waals surface area contributed by atoms with Crippen molar-refractivity contribution in [3.05, 3.63) is 45.5 Å². The SMILES string of the molecule is N#Cc1ccc(Nc2nc(Cl)nc3sccc23)c(Cl)c1. The van der Waals surface area contributed by atoms with Gasteiger partial charge in [-0.2, -0.15) is 10.2 Å². The number of anilines is 2. The first-order valence-electron chi connectivity index (χ1n) is 5.55. The van der Waals surface area contributed by atoms with Crippen molar-refractivity contribution in [2.75, 3.05) is 5.32 Å². The monoisotopic (exact) mass is 320 g/mol. The van der Waals surface area contributed by atoms with Gasteiger partial charge in [-0.05, 0) is 41.2 Å². The van der Waals surface area contributed by atoms with Crippen LogP contribution in [0.1, 0.15) is 5.56 Å². The minimum Gasteiger partial charge on any atom is -0.338 e. The molecule has 98 valence electrons. The molecular formula is C13H6Cl2N4S. The van der Waals surface area contributed by atoms with Gasteiger partial charge in [0.2, 0.25) is 5.28 Å². The highest BCUT2D eigenvalue weighted by Crippen LogP contribution is 2.31. The number of thiophene rings is 1. The molecule has 0 unspecified atom stereocenters. The molecule has 0 saturated carbocycles. The van der Waals surface area contributed by atoms with E-state index in [-0.39, 0.29) is 5.28 Å². The number of benzene rings is 1. The van der Waals surface area contributed by atoms with Crippen LogP contribution in [0.15, 0.2) is 29.6 Å². The fourth-order valence-corrected chi connectivity index (χ4v) is 2.95. The third-order valence-corrected chi connectivity index (χ3v) is 3.94. The standard InChI is InChI=1S/C13H6Cl2N4S/c14-9-5-7(6-16)1-2-10(9)17-11-8-3-4-20-12(8)19-13(15)18-11/h1-5H,(H,17,18,19). The molecule has 0 aliphatic heterocycles. The van der Waals surface area contributed by atoms with Gasteiger partial charge < -0.3 is 5.32 Å². The molecule has 0 amide bonds. The fourth-order valence-electron chi connectivity index (χ4n) is 1.74. The van der Waals surface area contributed by atoms with Crippen LogP contribution in [-0.4, -0.2) is 9.97 Å². The number of nitrogens with one attached hydrogen (secondary N) is 1. The summed E-state index contributed by atoms with van der Waals surface area (Å²) in [5.74, 6) is 0.591. The Hall–Kier alpha value is -1.87. The van der Waals surface area contributed by atoms with Crippen molar-refractivity contribution in [3.8, 4) is 6.07 Å². The first-order chi connectivity index (χ1) is 9.67. The van der Waals surface area contributed by atoms with Crippen molar-refractivity contribution < 1.29 is 0 Å². The van der Waals surface area contributed by atoms with E-state index in [0.717, 1.165) is 10.2 Å². The summed E-state index contributed by atoms with van der Waals surface area (Å²) in [5.41, 5.74) is 1.16. The highest BCUT2D eigenvalue weighted by Gasteiger charge is 2.10. The number of hydrogen-bond acceptors (Lipinski definition) is 5. The molecule has 0 aliphatic rings. The molecule has 0 fully saturated rings. The van der Waals surface area contributed by atoms with Gasteiger partial charge in [-0.3, -0.25) is 0 Å². The van der Waals surface area contributed by atoms with E-state index in [4.69, 9.17) is 28.5 Å². The second-order valence-corrected chi connectivity index (χ2v) is 5.55. The van der Waals surface area contributed by atoms with Crippen molar-refractivity contribution in [3.63, 3.8) is 0 Å². The topological polar surface area (TPSA) is 61.6 Å². The second-order valence-electron chi connectivity index (χ2n) is 3.91. The fraction of sp³-hybridized carbons (Fsp3) is 0. The smallest absolute Gasteiger partial charge is 0.225 e. The van der Waals surface area contributed by atoms with Crippen LogP contribution in [0.4, 0.5) is 11.5 Å². The van der Waals surface area contributed by atoms with E-state index in [2.05, 4.69) is 15.3 Å². The summed E-state index contributed by atoms with van der Waals surface area (Å²) in [6.07, 6.45) is 0. The maximum atomic E-state index is 8.83. The summed E-state index contributed by atoms with van der Waals surface area (Å²) in [5, 5.41) is 15.4. The number of fused-ring (bicyclic) bond motifs is 1. The molecule has 0 spiro atoms. The minimum absolute atomic E-state index is 0.173. The number of nitriles is 1. The van der Waals surface area contributed by atoms with Crippen LogP contribution in [0.25, 0.3) is 10.2 Å². The molecule has 0 aliphatic carbocycles. The van der Waals surface area contributed by atoms with Crippen LogP contribution in [-0.2, 0) is 0 Å². The average molecular weight is 321 g/mol. The average Bonchev–Trinajstić information content (AvgIpc) is 2.89. The lowest BCUT2D eigenvalue weighted by atomic mass is 10.2. The molecular weight excluding hydrogens is 315 g/mol. The molecule has 7 heteroatoms. The van der Waals surface area contributed by atoms with Gasteiger partial charge in [0.1, 0.15) is 10.6 Å². The van der Waals surface area contributed by atoms with Crippen molar-refractivity contribution in [1.82, 2.24) is 9.97 Å². The number of hydrogen-bond donors (Lipinski definition) is 1. The number of aromatic nitrogens is 2. The highest BCUT2D eigenvalue weighted by atomic mass is 35.5. The number of rotatable bonds is 2. The zero-order valence-corrected chi connectivity index (χ0v) is 12.2. The molecule has 2 heterocycles. The maximum absolute atomic E-state index is 8.83. The molecule has 3 aromatic rings. The van der Waals surface area contributed by atoms with Crippen molar-refractivity contribution in [2.24, 2.45) is 0 Å². The van der Waals surface area contributed by atoms with E-state index in [9.17, 15) is 0 Å².